The fourth-order valence-corrected chi connectivity index (χ4v) is 2.91. The molecule has 1 saturated carbocycles. The van der Waals surface area contributed by atoms with Gasteiger partial charge in [-0.25, -0.2) is 8.78 Å². The van der Waals surface area contributed by atoms with Crippen LogP contribution in [-0.4, -0.2) is 25.0 Å². The monoisotopic (exact) mass is 280 g/mol. The largest absolute Gasteiger partial charge is 0.352 e. The normalized spacial score (nSPS) is 29.0. The molecule has 0 radical (unpaired) electrons. The average Bonchev–Trinajstić information content (AvgIpc) is 3.20. The van der Waals surface area contributed by atoms with E-state index in [2.05, 4.69) is 10.6 Å². The van der Waals surface area contributed by atoms with Gasteiger partial charge in [0.15, 0.2) is 0 Å². The minimum Gasteiger partial charge on any atom is -0.352 e. The van der Waals surface area contributed by atoms with Gasteiger partial charge < -0.3 is 10.6 Å². The van der Waals surface area contributed by atoms with Crippen LogP contribution in [0.25, 0.3) is 0 Å². The maximum absolute atomic E-state index is 13.7. The van der Waals surface area contributed by atoms with E-state index in [1.54, 1.807) is 0 Å². The Morgan fingerprint density at radius 3 is 2.90 bits per heavy atom. The highest BCUT2D eigenvalue weighted by Crippen LogP contribution is 2.48. The lowest BCUT2D eigenvalue weighted by molar-refractivity contribution is -0.123. The number of carbonyl (C=O) groups is 1. The molecular formula is C15H18F2N2O. The van der Waals surface area contributed by atoms with E-state index in [0.717, 1.165) is 32.0 Å². The van der Waals surface area contributed by atoms with Crippen molar-refractivity contribution in [1.82, 2.24) is 10.6 Å². The SMILES string of the molecule is O=C(N[C@H]1CCCNC1)C1CC1c1ccc(F)cc1F. The molecule has 2 unspecified atom stereocenters. The Morgan fingerprint density at radius 2 is 2.20 bits per heavy atom. The van der Waals surface area contributed by atoms with Crippen LogP contribution in [0.15, 0.2) is 18.2 Å². The zero-order chi connectivity index (χ0) is 14.1. The molecule has 2 fully saturated rings. The van der Waals surface area contributed by atoms with Gasteiger partial charge in [-0.05, 0) is 43.4 Å². The molecule has 1 aliphatic carbocycles. The Labute approximate surface area is 116 Å². The van der Waals surface area contributed by atoms with Gasteiger partial charge in [-0.1, -0.05) is 6.07 Å². The minimum atomic E-state index is -0.582. The lowest BCUT2D eigenvalue weighted by Crippen LogP contribution is -2.46. The first-order valence-electron chi connectivity index (χ1n) is 7.11. The van der Waals surface area contributed by atoms with Gasteiger partial charge in [0.1, 0.15) is 11.6 Å². The number of halogens is 2. The van der Waals surface area contributed by atoms with Crippen molar-refractivity contribution in [2.24, 2.45) is 5.92 Å². The van der Waals surface area contributed by atoms with Gasteiger partial charge in [-0.2, -0.15) is 0 Å². The summed E-state index contributed by atoms with van der Waals surface area (Å²) >= 11 is 0. The molecule has 1 heterocycles. The Balaban J connectivity index is 1.59. The van der Waals surface area contributed by atoms with Crippen LogP contribution in [0.3, 0.4) is 0 Å². The Bertz CT molecular complexity index is 515. The molecule has 3 rings (SSSR count). The number of hydrogen-bond donors (Lipinski definition) is 2. The van der Waals surface area contributed by atoms with Crippen molar-refractivity contribution in [3.8, 4) is 0 Å². The number of benzene rings is 1. The first-order chi connectivity index (χ1) is 9.65. The maximum atomic E-state index is 13.7. The lowest BCUT2D eigenvalue weighted by Gasteiger charge is -2.23. The summed E-state index contributed by atoms with van der Waals surface area (Å²) < 4.78 is 26.5. The van der Waals surface area contributed by atoms with Crippen LogP contribution < -0.4 is 10.6 Å². The van der Waals surface area contributed by atoms with E-state index in [-0.39, 0.29) is 23.8 Å². The molecule has 1 saturated heterocycles. The summed E-state index contributed by atoms with van der Waals surface area (Å²) in [6.07, 6.45) is 2.70. The number of rotatable bonds is 3. The van der Waals surface area contributed by atoms with E-state index < -0.39 is 11.6 Å². The molecule has 20 heavy (non-hydrogen) atoms. The van der Waals surface area contributed by atoms with Gasteiger partial charge in [0.05, 0.1) is 0 Å². The third kappa shape index (κ3) is 2.82. The molecule has 2 N–H and O–H groups in total. The highest BCUT2D eigenvalue weighted by molar-refractivity contribution is 5.83. The predicted octanol–water partition coefficient (Wildman–Crippen LogP) is 1.94. The Morgan fingerprint density at radius 1 is 1.35 bits per heavy atom. The van der Waals surface area contributed by atoms with Crippen LogP contribution >= 0.6 is 0 Å². The third-order valence-corrected chi connectivity index (χ3v) is 4.13. The van der Waals surface area contributed by atoms with Gasteiger partial charge in [0.2, 0.25) is 5.91 Å². The van der Waals surface area contributed by atoms with Gasteiger partial charge in [-0.15, -0.1) is 0 Å². The zero-order valence-corrected chi connectivity index (χ0v) is 11.2. The molecule has 1 aliphatic heterocycles. The van der Waals surface area contributed by atoms with E-state index in [9.17, 15) is 13.6 Å². The molecule has 3 nitrogen and oxygen atoms in total. The van der Waals surface area contributed by atoms with Crippen molar-refractivity contribution < 1.29 is 13.6 Å². The van der Waals surface area contributed by atoms with Crippen LogP contribution in [0.4, 0.5) is 8.78 Å². The van der Waals surface area contributed by atoms with Crippen molar-refractivity contribution in [3.63, 3.8) is 0 Å². The predicted molar refractivity (Wildman–Crippen MR) is 71.2 cm³/mol. The number of carbonyl (C=O) groups excluding carboxylic acids is 1. The van der Waals surface area contributed by atoms with E-state index in [1.807, 2.05) is 0 Å². The molecular weight excluding hydrogens is 262 g/mol. The second-order valence-electron chi connectivity index (χ2n) is 5.67. The molecule has 0 aromatic heterocycles. The van der Waals surface area contributed by atoms with Gasteiger partial charge in [0, 0.05) is 24.6 Å². The van der Waals surface area contributed by atoms with Gasteiger partial charge in [0.25, 0.3) is 0 Å². The van der Waals surface area contributed by atoms with Gasteiger partial charge >= 0.3 is 0 Å². The fraction of sp³-hybridized carbons (Fsp3) is 0.533. The van der Waals surface area contributed by atoms with E-state index in [0.29, 0.717) is 12.0 Å². The number of amides is 1. The van der Waals surface area contributed by atoms with Crippen molar-refractivity contribution in [2.75, 3.05) is 13.1 Å². The first kappa shape index (κ1) is 13.5. The standard InChI is InChI=1S/C15H18F2N2O/c16-9-3-4-11(14(17)6-9)12-7-13(12)15(20)19-10-2-1-5-18-8-10/h3-4,6,10,12-13,18H,1-2,5,7-8H2,(H,19,20)/t10-,12?,13?/m0/s1. The molecule has 0 spiro atoms. The summed E-state index contributed by atoms with van der Waals surface area (Å²) in [5.74, 6) is -1.41. The van der Waals surface area contributed by atoms with Crippen LogP contribution in [-0.2, 0) is 4.79 Å². The molecule has 5 heteroatoms. The van der Waals surface area contributed by atoms with Gasteiger partial charge in [-0.3, -0.25) is 4.79 Å². The number of hydrogen-bond acceptors (Lipinski definition) is 2. The molecule has 2 aliphatic rings. The van der Waals surface area contributed by atoms with Crippen LogP contribution in [0.5, 0.6) is 0 Å². The highest BCUT2D eigenvalue weighted by Gasteiger charge is 2.45. The molecule has 3 atom stereocenters. The first-order valence-corrected chi connectivity index (χ1v) is 7.11. The summed E-state index contributed by atoms with van der Waals surface area (Å²) in [5.41, 5.74) is 0.452. The molecule has 108 valence electrons. The number of nitrogens with one attached hydrogen (secondary N) is 2. The van der Waals surface area contributed by atoms with Crippen molar-refractivity contribution in [3.05, 3.63) is 35.4 Å². The summed E-state index contributed by atoms with van der Waals surface area (Å²) in [4.78, 5) is 12.1. The molecule has 1 aromatic rings. The topological polar surface area (TPSA) is 41.1 Å². The molecule has 1 aromatic carbocycles. The summed E-state index contributed by atoms with van der Waals surface area (Å²) in [6.45, 7) is 1.80. The quantitative estimate of drug-likeness (QED) is 0.888. The maximum Gasteiger partial charge on any atom is 0.224 e. The van der Waals surface area contributed by atoms with Crippen LogP contribution in [0, 0.1) is 17.6 Å². The van der Waals surface area contributed by atoms with Crippen molar-refractivity contribution in [1.29, 1.82) is 0 Å². The van der Waals surface area contributed by atoms with Crippen molar-refractivity contribution >= 4 is 5.91 Å². The number of piperidine rings is 1. The summed E-state index contributed by atoms with van der Waals surface area (Å²) in [7, 11) is 0. The smallest absolute Gasteiger partial charge is 0.224 e. The zero-order valence-electron chi connectivity index (χ0n) is 11.2. The van der Waals surface area contributed by atoms with Crippen LogP contribution in [0.1, 0.15) is 30.7 Å². The molecule has 1 amide bonds. The minimum absolute atomic E-state index is 0.00701. The summed E-state index contributed by atoms with van der Waals surface area (Å²) in [5, 5.41) is 6.25. The van der Waals surface area contributed by atoms with E-state index in [1.165, 1.54) is 12.1 Å². The van der Waals surface area contributed by atoms with Crippen molar-refractivity contribution in [2.45, 2.75) is 31.2 Å². The Kier molecular flexibility index (Phi) is 3.70. The van der Waals surface area contributed by atoms with Crippen LogP contribution in [0.2, 0.25) is 0 Å². The second-order valence-corrected chi connectivity index (χ2v) is 5.67. The Hall–Kier alpha value is -1.49. The van der Waals surface area contributed by atoms with E-state index in [4.69, 9.17) is 0 Å². The third-order valence-electron chi connectivity index (χ3n) is 4.13. The second kappa shape index (κ2) is 5.48. The molecule has 0 bridgehead atoms. The van der Waals surface area contributed by atoms with E-state index >= 15 is 0 Å². The average molecular weight is 280 g/mol. The summed E-state index contributed by atoms with van der Waals surface area (Å²) in [6, 6.07) is 3.76. The fourth-order valence-electron chi connectivity index (χ4n) is 2.91. The lowest BCUT2D eigenvalue weighted by atomic mass is 10.1. The highest BCUT2D eigenvalue weighted by atomic mass is 19.1.